The van der Waals surface area contributed by atoms with E-state index in [9.17, 15) is 0 Å². The summed E-state index contributed by atoms with van der Waals surface area (Å²) in [4.78, 5) is 0. The smallest absolute Gasteiger partial charge is 0.0839 e. The highest BCUT2D eigenvalue weighted by Crippen LogP contribution is 2.31. The molecule has 0 aromatic carbocycles. The van der Waals surface area contributed by atoms with Crippen molar-refractivity contribution < 1.29 is 20.1 Å². The molecule has 0 spiro atoms. The lowest BCUT2D eigenvalue weighted by atomic mass is 9.85. The quantitative estimate of drug-likeness (QED) is 0.494. The molecular weight excluding hydrogens is 172 g/mol. The minimum Gasteiger partial charge on any atom is -0.396 e. The zero-order valence-electron chi connectivity index (χ0n) is 7.94. The second-order valence-corrected chi connectivity index (χ2v) is 3.89. The van der Waals surface area contributed by atoms with Crippen LogP contribution < -0.4 is 0 Å². The van der Waals surface area contributed by atoms with Crippen LogP contribution in [-0.4, -0.2) is 47.3 Å². The van der Waals surface area contributed by atoms with Gasteiger partial charge in [-0.2, -0.15) is 0 Å². The number of epoxide rings is 1. The lowest BCUT2D eigenvalue weighted by Gasteiger charge is -2.26. The van der Waals surface area contributed by atoms with Crippen molar-refractivity contribution in [3.8, 4) is 0 Å². The van der Waals surface area contributed by atoms with E-state index < -0.39 is 5.41 Å². The maximum absolute atomic E-state index is 9.01. The van der Waals surface area contributed by atoms with Crippen molar-refractivity contribution in [1.82, 2.24) is 0 Å². The van der Waals surface area contributed by atoms with E-state index in [1.165, 1.54) is 0 Å². The molecule has 1 fully saturated rings. The zero-order valence-corrected chi connectivity index (χ0v) is 7.94. The second-order valence-electron chi connectivity index (χ2n) is 3.89. The van der Waals surface area contributed by atoms with E-state index in [0.717, 1.165) is 6.42 Å². The molecule has 0 aliphatic carbocycles. The van der Waals surface area contributed by atoms with Crippen LogP contribution in [0, 0.1) is 5.41 Å². The van der Waals surface area contributed by atoms with Gasteiger partial charge >= 0.3 is 0 Å². The number of rotatable bonds is 6. The highest BCUT2D eigenvalue weighted by Gasteiger charge is 2.37. The van der Waals surface area contributed by atoms with Gasteiger partial charge in [-0.05, 0) is 19.8 Å². The zero-order chi connectivity index (χ0) is 9.90. The van der Waals surface area contributed by atoms with Gasteiger partial charge in [0, 0.05) is 5.41 Å². The Hall–Kier alpha value is -0.160. The van der Waals surface area contributed by atoms with Gasteiger partial charge in [-0.1, -0.05) is 0 Å². The largest absolute Gasteiger partial charge is 0.396 e. The van der Waals surface area contributed by atoms with Gasteiger partial charge in [-0.3, -0.25) is 0 Å². The van der Waals surface area contributed by atoms with Crippen molar-refractivity contribution in [1.29, 1.82) is 0 Å². The Morgan fingerprint density at radius 2 is 1.62 bits per heavy atom. The predicted octanol–water partition coefficient (Wildman–Crippen LogP) is -0.483. The molecule has 0 saturated carbocycles. The van der Waals surface area contributed by atoms with E-state index in [1.807, 2.05) is 6.92 Å². The first-order valence-electron chi connectivity index (χ1n) is 4.65. The first kappa shape index (κ1) is 10.9. The number of ether oxygens (including phenoxy) is 1. The summed E-state index contributed by atoms with van der Waals surface area (Å²) >= 11 is 0. The molecular formula is C9H18O4. The highest BCUT2D eigenvalue weighted by atomic mass is 16.6. The minimum absolute atomic E-state index is 0.179. The van der Waals surface area contributed by atoms with Crippen LogP contribution in [0.25, 0.3) is 0 Å². The monoisotopic (exact) mass is 190 g/mol. The Balaban J connectivity index is 2.29. The fraction of sp³-hybridized carbons (Fsp3) is 1.00. The van der Waals surface area contributed by atoms with Crippen LogP contribution in [0.5, 0.6) is 0 Å². The Bertz CT molecular complexity index is 147. The third-order valence-electron chi connectivity index (χ3n) is 2.80. The first-order valence-corrected chi connectivity index (χ1v) is 4.65. The van der Waals surface area contributed by atoms with Crippen LogP contribution in [0.1, 0.15) is 19.8 Å². The first-order chi connectivity index (χ1) is 6.17. The summed E-state index contributed by atoms with van der Waals surface area (Å²) in [5, 5.41) is 27.0. The maximum Gasteiger partial charge on any atom is 0.0839 e. The van der Waals surface area contributed by atoms with Crippen molar-refractivity contribution in [2.75, 3.05) is 19.8 Å². The van der Waals surface area contributed by atoms with Gasteiger partial charge in [-0.15, -0.1) is 0 Å². The lowest BCUT2D eigenvalue weighted by Crippen LogP contribution is -2.34. The maximum atomic E-state index is 9.01. The summed E-state index contributed by atoms with van der Waals surface area (Å²) in [6.45, 7) is 1.45. The molecule has 0 aromatic rings. The summed E-state index contributed by atoms with van der Waals surface area (Å²) in [6.07, 6.45) is 1.95. The van der Waals surface area contributed by atoms with Crippen molar-refractivity contribution >= 4 is 0 Å². The molecule has 1 heterocycles. The fourth-order valence-electron chi connectivity index (χ4n) is 1.37. The van der Waals surface area contributed by atoms with Crippen molar-refractivity contribution in [2.24, 2.45) is 5.41 Å². The molecule has 4 nitrogen and oxygen atoms in total. The van der Waals surface area contributed by atoms with E-state index in [4.69, 9.17) is 20.1 Å². The normalized spacial score (nSPS) is 27.7. The lowest BCUT2D eigenvalue weighted by molar-refractivity contribution is -0.00304. The van der Waals surface area contributed by atoms with E-state index in [2.05, 4.69) is 0 Å². The molecule has 4 heteroatoms. The summed E-state index contributed by atoms with van der Waals surface area (Å²) < 4.78 is 5.20. The molecule has 2 unspecified atom stereocenters. The highest BCUT2D eigenvalue weighted by molar-refractivity contribution is 4.85. The summed E-state index contributed by atoms with van der Waals surface area (Å²) in [7, 11) is 0. The van der Waals surface area contributed by atoms with Crippen LogP contribution in [0.4, 0.5) is 0 Å². The molecule has 13 heavy (non-hydrogen) atoms. The van der Waals surface area contributed by atoms with E-state index in [-0.39, 0.29) is 25.9 Å². The average Bonchev–Trinajstić information content (AvgIpc) is 2.86. The standard InChI is InChI=1S/C9H18O4/c1-7-8(13-7)2-3-9(4-10,5-11)6-12/h7-8,10-12H,2-6H2,1H3. The van der Waals surface area contributed by atoms with Gasteiger partial charge in [0.1, 0.15) is 0 Å². The molecule has 0 amide bonds. The van der Waals surface area contributed by atoms with Crippen LogP contribution in [0.15, 0.2) is 0 Å². The van der Waals surface area contributed by atoms with Crippen molar-refractivity contribution in [3.63, 3.8) is 0 Å². The van der Waals surface area contributed by atoms with Gasteiger partial charge < -0.3 is 20.1 Å². The van der Waals surface area contributed by atoms with E-state index >= 15 is 0 Å². The molecule has 78 valence electrons. The molecule has 1 aliphatic heterocycles. The van der Waals surface area contributed by atoms with E-state index in [1.54, 1.807) is 0 Å². The Morgan fingerprint density at radius 3 is 1.92 bits per heavy atom. The molecule has 1 aliphatic rings. The van der Waals surface area contributed by atoms with Gasteiger partial charge in [0.2, 0.25) is 0 Å². The van der Waals surface area contributed by atoms with Crippen LogP contribution in [-0.2, 0) is 4.74 Å². The third kappa shape index (κ3) is 2.64. The molecule has 2 atom stereocenters. The summed E-state index contributed by atoms with van der Waals surface area (Å²) in [5.41, 5.74) is -0.730. The van der Waals surface area contributed by atoms with Gasteiger partial charge in [0.05, 0.1) is 32.0 Å². The van der Waals surface area contributed by atoms with Crippen LogP contribution in [0.3, 0.4) is 0 Å². The van der Waals surface area contributed by atoms with Crippen LogP contribution in [0.2, 0.25) is 0 Å². The second kappa shape index (κ2) is 4.37. The number of aliphatic hydroxyl groups excluding tert-OH is 3. The van der Waals surface area contributed by atoms with Crippen molar-refractivity contribution in [2.45, 2.75) is 32.0 Å². The van der Waals surface area contributed by atoms with Gasteiger partial charge in [-0.25, -0.2) is 0 Å². The fourth-order valence-corrected chi connectivity index (χ4v) is 1.37. The predicted molar refractivity (Wildman–Crippen MR) is 47.3 cm³/mol. The average molecular weight is 190 g/mol. The Labute approximate surface area is 78.1 Å². The Morgan fingerprint density at radius 1 is 1.15 bits per heavy atom. The molecule has 0 radical (unpaired) electrons. The topological polar surface area (TPSA) is 73.2 Å². The van der Waals surface area contributed by atoms with Gasteiger partial charge in [0.15, 0.2) is 0 Å². The van der Waals surface area contributed by atoms with E-state index in [0.29, 0.717) is 12.5 Å². The minimum atomic E-state index is -0.730. The third-order valence-corrected chi connectivity index (χ3v) is 2.80. The van der Waals surface area contributed by atoms with Crippen molar-refractivity contribution in [3.05, 3.63) is 0 Å². The molecule has 1 rings (SSSR count). The van der Waals surface area contributed by atoms with Crippen LogP contribution >= 0.6 is 0 Å². The number of hydrogen-bond acceptors (Lipinski definition) is 4. The SMILES string of the molecule is CC1OC1CCC(CO)(CO)CO. The molecule has 3 N–H and O–H groups in total. The van der Waals surface area contributed by atoms with Gasteiger partial charge in [0.25, 0.3) is 0 Å². The molecule has 1 saturated heterocycles. The number of hydrogen-bond donors (Lipinski definition) is 3. The number of aliphatic hydroxyl groups is 3. The molecule has 0 aromatic heterocycles. The summed E-state index contributed by atoms with van der Waals surface area (Å²) in [5.74, 6) is 0. The molecule has 0 bridgehead atoms. The Kier molecular flexibility index (Phi) is 3.67. The summed E-state index contributed by atoms with van der Waals surface area (Å²) in [6, 6.07) is 0.